The second kappa shape index (κ2) is 8.41. The molecule has 140 valence electrons. The maximum absolute atomic E-state index is 12.8. The summed E-state index contributed by atoms with van der Waals surface area (Å²) in [6.45, 7) is -3.04. The lowest BCUT2D eigenvalue weighted by Crippen LogP contribution is -2.17. The highest BCUT2D eigenvalue weighted by molar-refractivity contribution is 7.91. The number of carbonyl (C=O) groups is 1. The van der Waals surface area contributed by atoms with Crippen molar-refractivity contribution in [1.29, 1.82) is 0 Å². The molecule has 0 aliphatic carbocycles. The van der Waals surface area contributed by atoms with Crippen LogP contribution in [0.3, 0.4) is 0 Å². The average molecular weight is 408 g/mol. The van der Waals surface area contributed by atoms with Crippen molar-refractivity contribution < 1.29 is 31.1 Å². The molecule has 0 heterocycles. The van der Waals surface area contributed by atoms with Crippen molar-refractivity contribution in [3.63, 3.8) is 0 Å². The monoisotopic (exact) mass is 407 g/mol. The van der Waals surface area contributed by atoms with E-state index in [0.717, 1.165) is 30.3 Å². The van der Waals surface area contributed by atoms with Crippen molar-refractivity contribution >= 4 is 33.0 Å². The summed E-state index contributed by atoms with van der Waals surface area (Å²) in [7, 11) is -3.75. The fourth-order valence-corrected chi connectivity index (χ4v) is 3.45. The van der Waals surface area contributed by atoms with Gasteiger partial charge in [0.2, 0.25) is 5.91 Å². The van der Waals surface area contributed by atoms with Crippen LogP contribution in [0.2, 0.25) is 5.02 Å². The number of carbonyl (C=O) groups excluding carboxylic acids is 1. The number of nitrogens with one attached hydrogen (secondary N) is 1. The predicted octanol–water partition coefficient (Wildman–Crippen LogP) is 3.88. The molecule has 0 bridgehead atoms. The number of sulfone groups is 1. The molecular formula is C16H13ClF3NO4S. The third-order valence-electron chi connectivity index (χ3n) is 3.20. The van der Waals surface area contributed by atoms with Crippen LogP contribution in [0.15, 0.2) is 47.4 Å². The molecule has 10 heteroatoms. The van der Waals surface area contributed by atoms with Crippen LogP contribution in [0.5, 0.6) is 5.75 Å². The first-order valence-corrected chi connectivity index (χ1v) is 9.23. The van der Waals surface area contributed by atoms with Crippen LogP contribution < -0.4 is 10.1 Å². The maximum Gasteiger partial charge on any atom is 0.387 e. The number of ether oxygens (including phenoxy) is 1. The molecule has 2 aromatic rings. The van der Waals surface area contributed by atoms with Crippen molar-refractivity contribution in [3.05, 3.63) is 53.3 Å². The lowest BCUT2D eigenvalue weighted by Gasteiger charge is -2.10. The van der Waals surface area contributed by atoms with Crippen molar-refractivity contribution in [2.75, 3.05) is 11.1 Å². The summed E-state index contributed by atoms with van der Waals surface area (Å²) in [5.74, 6) is -1.92. The number of benzene rings is 2. The maximum atomic E-state index is 12.8. The van der Waals surface area contributed by atoms with E-state index in [4.69, 9.17) is 11.6 Å². The Kier molecular flexibility index (Phi) is 6.49. The normalized spacial score (nSPS) is 11.4. The van der Waals surface area contributed by atoms with Crippen molar-refractivity contribution in [2.45, 2.75) is 17.9 Å². The molecule has 0 radical (unpaired) electrons. The number of alkyl halides is 2. The summed E-state index contributed by atoms with van der Waals surface area (Å²) in [5, 5.41) is 2.27. The van der Waals surface area contributed by atoms with E-state index < -0.39 is 33.9 Å². The minimum Gasteiger partial charge on any atom is -0.433 e. The van der Waals surface area contributed by atoms with Crippen molar-refractivity contribution in [1.82, 2.24) is 0 Å². The lowest BCUT2D eigenvalue weighted by molar-refractivity contribution is -0.115. The van der Waals surface area contributed by atoms with Crippen LogP contribution in [0.25, 0.3) is 0 Å². The molecule has 1 amide bonds. The zero-order chi connectivity index (χ0) is 19.3. The summed E-state index contributed by atoms with van der Waals surface area (Å²) in [4.78, 5) is 11.8. The number of hydrogen-bond donors (Lipinski definition) is 1. The van der Waals surface area contributed by atoms with E-state index in [1.54, 1.807) is 0 Å². The van der Waals surface area contributed by atoms with Crippen LogP contribution in [0, 0.1) is 5.82 Å². The van der Waals surface area contributed by atoms with Gasteiger partial charge >= 0.3 is 6.61 Å². The molecule has 1 N–H and O–H groups in total. The van der Waals surface area contributed by atoms with E-state index >= 15 is 0 Å². The van der Waals surface area contributed by atoms with Crippen LogP contribution in [-0.4, -0.2) is 26.7 Å². The van der Waals surface area contributed by atoms with Crippen LogP contribution >= 0.6 is 11.6 Å². The average Bonchev–Trinajstić information content (AvgIpc) is 2.56. The van der Waals surface area contributed by atoms with Gasteiger partial charge in [0.25, 0.3) is 0 Å². The predicted molar refractivity (Wildman–Crippen MR) is 89.8 cm³/mol. The third kappa shape index (κ3) is 5.63. The minimum atomic E-state index is -3.75. The third-order valence-corrected chi connectivity index (χ3v) is 5.23. The van der Waals surface area contributed by atoms with Crippen molar-refractivity contribution in [2.24, 2.45) is 0 Å². The molecule has 5 nitrogen and oxygen atoms in total. The molecule has 0 atom stereocenters. The van der Waals surface area contributed by atoms with Crippen LogP contribution in [0.4, 0.5) is 18.9 Å². The van der Waals surface area contributed by atoms with Gasteiger partial charge in [-0.2, -0.15) is 8.78 Å². The highest BCUT2D eigenvalue weighted by Gasteiger charge is 2.17. The Hall–Kier alpha value is -2.26. The molecule has 0 aromatic heterocycles. The molecule has 26 heavy (non-hydrogen) atoms. The highest BCUT2D eigenvalue weighted by Crippen LogP contribution is 2.29. The zero-order valence-corrected chi connectivity index (χ0v) is 14.7. The van der Waals surface area contributed by atoms with E-state index in [-0.39, 0.29) is 27.8 Å². The smallest absolute Gasteiger partial charge is 0.387 e. The second-order valence-electron chi connectivity index (χ2n) is 5.09. The lowest BCUT2D eigenvalue weighted by atomic mass is 10.3. The van der Waals surface area contributed by atoms with Gasteiger partial charge in [-0.25, -0.2) is 12.8 Å². The Balaban J connectivity index is 1.96. The van der Waals surface area contributed by atoms with Crippen molar-refractivity contribution in [3.8, 4) is 5.75 Å². The molecule has 2 aromatic carbocycles. The molecule has 0 aliphatic heterocycles. The number of anilines is 1. The fourth-order valence-electron chi connectivity index (χ4n) is 1.98. The first-order valence-electron chi connectivity index (χ1n) is 7.20. The van der Waals surface area contributed by atoms with Gasteiger partial charge in [0.1, 0.15) is 11.6 Å². The van der Waals surface area contributed by atoms with Gasteiger partial charge in [-0.05, 0) is 42.5 Å². The quantitative estimate of drug-likeness (QED) is 0.707. The molecule has 0 saturated carbocycles. The van der Waals surface area contributed by atoms with Crippen LogP contribution in [0.1, 0.15) is 6.42 Å². The standard InChI is InChI=1S/C16H13ClF3NO4S/c17-13-9-11(3-6-14(13)25-16(19)20)21-15(22)7-8-26(23,24)12-4-1-10(18)2-5-12/h1-6,9,16H,7-8H2,(H,21,22). The Bertz CT molecular complexity index is 889. The molecular weight excluding hydrogens is 395 g/mol. The summed E-state index contributed by atoms with van der Waals surface area (Å²) >= 11 is 5.76. The van der Waals surface area contributed by atoms with Gasteiger partial charge in [0.05, 0.1) is 15.7 Å². The van der Waals surface area contributed by atoms with E-state index in [1.807, 2.05) is 0 Å². The Morgan fingerprint density at radius 1 is 1.15 bits per heavy atom. The van der Waals surface area contributed by atoms with E-state index in [2.05, 4.69) is 10.1 Å². The molecule has 2 rings (SSSR count). The summed E-state index contributed by atoms with van der Waals surface area (Å²) < 4.78 is 65.5. The second-order valence-corrected chi connectivity index (χ2v) is 7.61. The van der Waals surface area contributed by atoms with Crippen LogP contribution in [-0.2, 0) is 14.6 Å². The summed E-state index contributed by atoms with van der Waals surface area (Å²) in [5.41, 5.74) is 0.195. The highest BCUT2D eigenvalue weighted by atomic mass is 35.5. The van der Waals surface area contributed by atoms with Gasteiger partial charge in [-0.15, -0.1) is 0 Å². The summed E-state index contributed by atoms with van der Waals surface area (Å²) in [6, 6.07) is 7.89. The van der Waals surface area contributed by atoms with Gasteiger partial charge in [-0.3, -0.25) is 4.79 Å². The Morgan fingerprint density at radius 3 is 2.38 bits per heavy atom. The molecule has 0 saturated heterocycles. The van der Waals surface area contributed by atoms with E-state index in [9.17, 15) is 26.4 Å². The first kappa shape index (κ1) is 20.1. The van der Waals surface area contributed by atoms with Gasteiger partial charge in [0, 0.05) is 12.1 Å². The summed E-state index contributed by atoms with van der Waals surface area (Å²) in [6.07, 6.45) is -0.355. The fraction of sp³-hybridized carbons (Fsp3) is 0.188. The SMILES string of the molecule is O=C(CCS(=O)(=O)c1ccc(F)cc1)Nc1ccc(OC(F)F)c(Cl)c1. The Morgan fingerprint density at radius 2 is 1.81 bits per heavy atom. The molecule has 0 unspecified atom stereocenters. The molecule has 0 spiro atoms. The van der Waals surface area contributed by atoms with E-state index in [1.165, 1.54) is 12.1 Å². The Labute approximate surface area is 152 Å². The number of amides is 1. The molecule has 0 fully saturated rings. The first-order chi connectivity index (χ1) is 12.2. The zero-order valence-electron chi connectivity index (χ0n) is 13.1. The minimum absolute atomic E-state index is 0.0942. The molecule has 0 aliphatic rings. The topological polar surface area (TPSA) is 72.5 Å². The van der Waals surface area contributed by atoms with Gasteiger partial charge < -0.3 is 10.1 Å². The van der Waals surface area contributed by atoms with Gasteiger partial charge in [-0.1, -0.05) is 11.6 Å². The number of rotatable bonds is 7. The number of hydrogen-bond acceptors (Lipinski definition) is 4. The van der Waals surface area contributed by atoms with E-state index in [0.29, 0.717) is 0 Å². The van der Waals surface area contributed by atoms with Gasteiger partial charge in [0.15, 0.2) is 9.84 Å². The largest absolute Gasteiger partial charge is 0.433 e. The number of halogens is 4.